The molecule has 7 nitrogen and oxygen atoms in total. The van der Waals surface area contributed by atoms with Crippen molar-refractivity contribution < 1.29 is 14.4 Å². The topological polar surface area (TPSA) is 87.0 Å². The van der Waals surface area contributed by atoms with Gasteiger partial charge < -0.3 is 10.6 Å². The smallest absolute Gasteiger partial charge is 0.328 e. The second-order valence-electron chi connectivity index (χ2n) is 6.47. The van der Waals surface area contributed by atoms with E-state index in [1.165, 1.54) is 12.2 Å². The highest BCUT2D eigenvalue weighted by atomic mass is 32.2. The van der Waals surface area contributed by atoms with Gasteiger partial charge in [-0.1, -0.05) is 0 Å². The van der Waals surface area contributed by atoms with Crippen LogP contribution in [-0.2, 0) is 9.59 Å². The Morgan fingerprint density at radius 1 is 1.35 bits per heavy atom. The van der Waals surface area contributed by atoms with Gasteiger partial charge in [0.05, 0.1) is 0 Å². The van der Waals surface area contributed by atoms with Crippen molar-refractivity contribution in [3.8, 4) is 0 Å². The highest BCUT2D eigenvalue weighted by Crippen LogP contribution is 2.38. The average Bonchev–Trinajstić information content (AvgIpc) is 3.12. The molecule has 1 atom stereocenters. The van der Waals surface area contributed by atoms with Gasteiger partial charge in [0.2, 0.25) is 5.91 Å². The zero-order valence-electron chi connectivity index (χ0n) is 13.5. The molecule has 3 saturated heterocycles. The van der Waals surface area contributed by atoms with Crippen LogP contribution in [0, 0.1) is 0 Å². The fourth-order valence-electron chi connectivity index (χ4n) is 4.07. The summed E-state index contributed by atoms with van der Waals surface area (Å²) in [7, 11) is 0. The van der Waals surface area contributed by atoms with Crippen molar-refractivity contribution >= 4 is 29.6 Å². The minimum Gasteiger partial charge on any atom is -0.368 e. The van der Waals surface area contributed by atoms with Crippen LogP contribution in [0.2, 0.25) is 0 Å². The van der Waals surface area contributed by atoms with Crippen LogP contribution >= 0.6 is 11.8 Å². The summed E-state index contributed by atoms with van der Waals surface area (Å²) in [6.45, 7) is 3.68. The van der Waals surface area contributed by atoms with Crippen molar-refractivity contribution in [1.29, 1.82) is 0 Å². The Morgan fingerprint density at radius 2 is 2.04 bits per heavy atom. The second kappa shape index (κ2) is 6.32. The monoisotopic (exact) mass is 340 g/mol. The summed E-state index contributed by atoms with van der Waals surface area (Å²) in [6, 6.07) is 0.225. The van der Waals surface area contributed by atoms with Gasteiger partial charge in [0, 0.05) is 31.4 Å². The van der Waals surface area contributed by atoms with Gasteiger partial charge in [-0.05, 0) is 31.9 Å². The Morgan fingerprint density at radius 3 is 2.57 bits per heavy atom. The minimum absolute atomic E-state index is 0.247. The molecule has 0 saturated carbocycles. The van der Waals surface area contributed by atoms with Crippen LogP contribution in [0.5, 0.6) is 0 Å². The number of hydrogen-bond acceptors (Lipinski definition) is 5. The Kier molecular flexibility index (Phi) is 4.55. The third kappa shape index (κ3) is 2.71. The van der Waals surface area contributed by atoms with E-state index in [-0.39, 0.29) is 18.5 Å². The zero-order valence-corrected chi connectivity index (χ0v) is 14.3. The maximum absolute atomic E-state index is 12.9. The van der Waals surface area contributed by atoms with Crippen LogP contribution in [0.4, 0.5) is 4.79 Å². The first-order valence-electron chi connectivity index (χ1n) is 8.23. The summed E-state index contributed by atoms with van der Waals surface area (Å²) in [6.07, 6.45) is 2.49. The molecule has 2 N–H and O–H groups in total. The first-order chi connectivity index (χ1) is 11.0. The standard InChI is InChI=1S/C15H24N4O3S/c1-2-19-14(22)18(9-12(16)20)13(21)15(19)4-6-17(7-5-15)11-3-8-23-10-11/h11H,2-10H2,1H3,(H2,16,20). The Balaban J connectivity index is 1.76. The summed E-state index contributed by atoms with van der Waals surface area (Å²) < 4.78 is 0. The van der Waals surface area contributed by atoms with Gasteiger partial charge in [-0.3, -0.25) is 19.4 Å². The maximum Gasteiger partial charge on any atom is 0.328 e. The molecule has 0 bridgehead atoms. The number of carbonyl (C=O) groups excluding carboxylic acids is 3. The number of nitrogens with zero attached hydrogens (tertiary/aromatic N) is 3. The molecular weight excluding hydrogens is 316 g/mol. The van der Waals surface area contributed by atoms with Crippen LogP contribution in [-0.4, -0.2) is 81.8 Å². The van der Waals surface area contributed by atoms with Gasteiger partial charge in [0.1, 0.15) is 12.1 Å². The van der Waals surface area contributed by atoms with E-state index in [0.29, 0.717) is 25.4 Å². The molecule has 4 amide bonds. The number of amides is 4. The summed E-state index contributed by atoms with van der Waals surface area (Å²) in [5.41, 5.74) is 4.42. The normalized spacial score (nSPS) is 28.1. The molecule has 3 aliphatic heterocycles. The van der Waals surface area contributed by atoms with Gasteiger partial charge in [-0.2, -0.15) is 11.8 Å². The molecule has 23 heavy (non-hydrogen) atoms. The number of nitrogens with two attached hydrogens (primary N) is 1. The number of carbonyl (C=O) groups is 3. The van der Waals surface area contributed by atoms with Crippen molar-refractivity contribution in [3.63, 3.8) is 0 Å². The van der Waals surface area contributed by atoms with Crippen molar-refractivity contribution in [2.75, 3.05) is 37.7 Å². The van der Waals surface area contributed by atoms with E-state index >= 15 is 0 Å². The maximum atomic E-state index is 12.9. The Labute approximate surface area is 140 Å². The first kappa shape index (κ1) is 16.6. The van der Waals surface area contributed by atoms with Gasteiger partial charge in [0.15, 0.2) is 0 Å². The fraction of sp³-hybridized carbons (Fsp3) is 0.800. The van der Waals surface area contributed by atoms with E-state index in [1.807, 2.05) is 18.7 Å². The van der Waals surface area contributed by atoms with E-state index in [9.17, 15) is 14.4 Å². The summed E-state index contributed by atoms with van der Waals surface area (Å²) in [5, 5.41) is 0. The van der Waals surface area contributed by atoms with Gasteiger partial charge in [0.25, 0.3) is 5.91 Å². The van der Waals surface area contributed by atoms with Crippen LogP contribution < -0.4 is 5.73 Å². The minimum atomic E-state index is -0.774. The third-order valence-electron chi connectivity index (χ3n) is 5.30. The van der Waals surface area contributed by atoms with Gasteiger partial charge in [-0.25, -0.2) is 4.79 Å². The zero-order chi connectivity index (χ0) is 16.6. The molecule has 1 spiro atoms. The molecule has 3 heterocycles. The molecule has 0 aliphatic carbocycles. The van der Waals surface area contributed by atoms with Crippen LogP contribution in [0.1, 0.15) is 26.2 Å². The highest BCUT2D eigenvalue weighted by molar-refractivity contribution is 7.99. The largest absolute Gasteiger partial charge is 0.368 e. The van der Waals surface area contributed by atoms with E-state index < -0.39 is 11.4 Å². The van der Waals surface area contributed by atoms with E-state index in [4.69, 9.17) is 5.73 Å². The van der Waals surface area contributed by atoms with Crippen LogP contribution in [0.15, 0.2) is 0 Å². The lowest BCUT2D eigenvalue weighted by molar-refractivity contribution is -0.138. The summed E-state index contributed by atoms with van der Waals surface area (Å²) >= 11 is 1.98. The molecule has 3 rings (SSSR count). The van der Waals surface area contributed by atoms with Crippen LogP contribution in [0.25, 0.3) is 0 Å². The Bertz CT molecular complexity index is 513. The molecule has 128 valence electrons. The van der Waals surface area contributed by atoms with Crippen molar-refractivity contribution in [3.05, 3.63) is 0 Å². The molecule has 0 aromatic heterocycles. The van der Waals surface area contributed by atoms with E-state index in [1.54, 1.807) is 4.90 Å². The lowest BCUT2D eigenvalue weighted by Crippen LogP contribution is -2.58. The number of likely N-dealkylation sites (N-methyl/N-ethyl adjacent to an activating group) is 1. The number of primary amides is 1. The first-order valence-corrected chi connectivity index (χ1v) is 9.38. The summed E-state index contributed by atoms with van der Waals surface area (Å²) in [5.74, 6) is 1.46. The average molecular weight is 340 g/mol. The number of hydrogen-bond donors (Lipinski definition) is 1. The lowest BCUT2D eigenvalue weighted by Gasteiger charge is -2.43. The third-order valence-corrected chi connectivity index (χ3v) is 6.44. The SMILES string of the molecule is CCN1C(=O)N(CC(N)=O)C(=O)C12CCN(C1CCSC1)CC2. The number of likely N-dealkylation sites (tertiary alicyclic amines) is 1. The molecule has 3 aliphatic rings. The molecular formula is C15H24N4O3S. The predicted octanol–water partition coefficient (Wildman–Crippen LogP) is 0.0959. The number of urea groups is 1. The quantitative estimate of drug-likeness (QED) is 0.733. The number of imide groups is 1. The number of thioether (sulfide) groups is 1. The Hall–Kier alpha value is -1.28. The number of piperidine rings is 1. The van der Waals surface area contributed by atoms with E-state index in [2.05, 4.69) is 4.90 Å². The number of rotatable bonds is 4. The molecule has 0 radical (unpaired) electrons. The molecule has 8 heteroatoms. The van der Waals surface area contributed by atoms with Crippen molar-refractivity contribution in [2.45, 2.75) is 37.8 Å². The van der Waals surface area contributed by atoms with Crippen molar-refractivity contribution in [1.82, 2.24) is 14.7 Å². The summed E-state index contributed by atoms with van der Waals surface area (Å²) in [4.78, 5) is 41.7. The fourth-order valence-corrected chi connectivity index (χ4v) is 5.32. The van der Waals surface area contributed by atoms with Gasteiger partial charge in [-0.15, -0.1) is 0 Å². The predicted molar refractivity (Wildman–Crippen MR) is 88.0 cm³/mol. The highest BCUT2D eigenvalue weighted by Gasteiger charge is 2.57. The molecule has 1 unspecified atom stereocenters. The molecule has 0 aromatic carbocycles. The molecule has 3 fully saturated rings. The molecule has 0 aromatic rings. The van der Waals surface area contributed by atoms with Crippen LogP contribution in [0.3, 0.4) is 0 Å². The van der Waals surface area contributed by atoms with Gasteiger partial charge >= 0.3 is 6.03 Å². The lowest BCUT2D eigenvalue weighted by atomic mass is 9.85. The van der Waals surface area contributed by atoms with E-state index in [0.717, 1.165) is 23.7 Å². The van der Waals surface area contributed by atoms with Crippen molar-refractivity contribution in [2.24, 2.45) is 5.73 Å². The second-order valence-corrected chi connectivity index (χ2v) is 7.62.